The number of amides is 1. The van der Waals surface area contributed by atoms with Crippen LogP contribution in [-0.4, -0.2) is 107 Å². The Kier molecular flexibility index (Phi) is 33.2. The Bertz CT molecular complexity index is 1260. The first-order valence-corrected chi connectivity index (χ1v) is 24.0. The summed E-state index contributed by atoms with van der Waals surface area (Å²) in [6.45, 7) is 3.13. The normalized spacial score (nSPS) is 21.9. The van der Waals surface area contributed by atoms with E-state index in [1.165, 1.54) is 83.1 Å². The SMILES string of the molecule is CCCCC/C=C\C=C/CCCCCCCCCCCC(O)C(=O)NC(COC1OC(CO)C(O)C(OS(=O)(=O)O)C1O)C(O)/C=C/CC/C=C/CCCCCCCC. The van der Waals surface area contributed by atoms with Crippen LogP contribution in [0.25, 0.3) is 0 Å². The quantitative estimate of drug-likeness (QED) is 0.0140. The van der Waals surface area contributed by atoms with Crippen molar-refractivity contribution in [1.82, 2.24) is 5.32 Å². The number of hydrogen-bond donors (Lipinski definition) is 7. The zero-order valence-electron chi connectivity index (χ0n) is 36.2. The molecule has 0 aromatic carbocycles. The zero-order chi connectivity index (χ0) is 43.6. The second-order valence-corrected chi connectivity index (χ2v) is 16.8. The van der Waals surface area contributed by atoms with Gasteiger partial charge in [0, 0.05) is 0 Å². The van der Waals surface area contributed by atoms with Crippen molar-refractivity contribution < 1.29 is 57.0 Å². The number of aliphatic hydroxyl groups is 5. The van der Waals surface area contributed by atoms with E-state index in [-0.39, 0.29) is 6.42 Å². The summed E-state index contributed by atoms with van der Waals surface area (Å²) in [5, 5.41) is 55.1. The lowest BCUT2D eigenvalue weighted by Crippen LogP contribution is -2.61. The van der Waals surface area contributed by atoms with Crippen molar-refractivity contribution in [1.29, 1.82) is 0 Å². The fourth-order valence-electron chi connectivity index (χ4n) is 6.82. The molecule has 0 aliphatic carbocycles. The van der Waals surface area contributed by atoms with Crippen molar-refractivity contribution in [2.75, 3.05) is 13.2 Å². The van der Waals surface area contributed by atoms with Crippen molar-refractivity contribution >= 4 is 16.3 Å². The van der Waals surface area contributed by atoms with Gasteiger partial charge in [0.1, 0.15) is 30.5 Å². The summed E-state index contributed by atoms with van der Waals surface area (Å²) in [6.07, 6.45) is 30.5. The highest BCUT2D eigenvalue weighted by Crippen LogP contribution is 2.26. The second kappa shape index (κ2) is 35.6. The number of ether oxygens (including phenoxy) is 2. The standard InChI is InChI=1S/C45H81NO12S/c1-3-5-7-9-11-13-15-17-18-19-20-21-22-24-26-28-30-32-34-39(49)44(52)46-37(38(48)33-31-29-27-25-23-16-14-12-10-8-6-4-2)36-56-45-42(51)43(58-59(53,54)55)41(50)40(35-47)57-45/h11,13,15,17,23,25,31,33,37-43,45,47-51H,3-10,12,14,16,18-22,24,26-30,32,34-36H2,1-2H3,(H,46,52)(H,53,54,55)/b13-11-,17-15-,25-23+,33-31+. The molecule has 1 fully saturated rings. The number of carbonyl (C=O) groups is 1. The van der Waals surface area contributed by atoms with Crippen molar-refractivity contribution in [2.45, 2.75) is 217 Å². The van der Waals surface area contributed by atoms with Gasteiger partial charge in [-0.25, -0.2) is 4.18 Å². The molecule has 344 valence electrons. The van der Waals surface area contributed by atoms with Crippen molar-refractivity contribution in [3.05, 3.63) is 48.6 Å². The van der Waals surface area contributed by atoms with Gasteiger partial charge in [-0.1, -0.05) is 159 Å². The molecule has 1 amide bonds. The lowest BCUT2D eigenvalue weighted by molar-refractivity contribution is -0.298. The molecule has 0 bridgehead atoms. The first-order valence-electron chi connectivity index (χ1n) is 22.6. The van der Waals surface area contributed by atoms with Crippen LogP contribution in [0.15, 0.2) is 48.6 Å². The van der Waals surface area contributed by atoms with Crippen LogP contribution in [-0.2, 0) is 28.9 Å². The number of unbranched alkanes of at least 4 members (excludes halogenated alkanes) is 19. The molecular weight excluding hydrogens is 779 g/mol. The first-order chi connectivity index (χ1) is 28.4. The minimum Gasteiger partial charge on any atom is -0.394 e. The average Bonchev–Trinajstić information content (AvgIpc) is 3.20. The maximum atomic E-state index is 13.1. The molecule has 7 N–H and O–H groups in total. The van der Waals surface area contributed by atoms with Crippen LogP contribution in [0.3, 0.4) is 0 Å². The van der Waals surface area contributed by atoms with E-state index >= 15 is 0 Å². The van der Waals surface area contributed by atoms with E-state index in [1.54, 1.807) is 6.08 Å². The van der Waals surface area contributed by atoms with E-state index < -0.39 is 78.5 Å². The molecule has 1 aliphatic heterocycles. The van der Waals surface area contributed by atoms with E-state index in [0.29, 0.717) is 12.8 Å². The van der Waals surface area contributed by atoms with Crippen LogP contribution < -0.4 is 5.32 Å². The smallest absolute Gasteiger partial charge is 0.394 e. The largest absolute Gasteiger partial charge is 0.397 e. The van der Waals surface area contributed by atoms with Gasteiger partial charge in [-0.3, -0.25) is 9.35 Å². The number of carbonyl (C=O) groups excluding carboxylic acids is 1. The average molecular weight is 860 g/mol. The van der Waals surface area contributed by atoms with Gasteiger partial charge in [0.25, 0.3) is 0 Å². The number of hydrogen-bond acceptors (Lipinski definition) is 11. The summed E-state index contributed by atoms with van der Waals surface area (Å²) < 4.78 is 47.4. The molecule has 0 aromatic heterocycles. The topological polar surface area (TPSA) is 212 Å². The van der Waals surface area contributed by atoms with Gasteiger partial charge in [0.15, 0.2) is 6.29 Å². The predicted octanol–water partition coefficient (Wildman–Crippen LogP) is 7.46. The van der Waals surface area contributed by atoms with Crippen LogP contribution in [0, 0.1) is 0 Å². The lowest BCUT2D eigenvalue weighted by Gasteiger charge is -2.41. The number of rotatable bonds is 37. The summed E-state index contributed by atoms with van der Waals surface area (Å²) in [7, 11) is -5.12. The van der Waals surface area contributed by atoms with Gasteiger partial charge in [-0.05, 0) is 57.8 Å². The molecule has 14 heteroatoms. The predicted molar refractivity (Wildman–Crippen MR) is 233 cm³/mol. The lowest BCUT2D eigenvalue weighted by atomic mass is 9.99. The Labute approximate surface area is 356 Å². The van der Waals surface area contributed by atoms with Gasteiger partial charge in [-0.15, -0.1) is 0 Å². The Morgan fingerprint density at radius 2 is 1.19 bits per heavy atom. The van der Waals surface area contributed by atoms with Gasteiger partial charge in [-0.2, -0.15) is 8.42 Å². The summed E-state index contributed by atoms with van der Waals surface area (Å²) in [4.78, 5) is 13.1. The third-order valence-electron chi connectivity index (χ3n) is 10.5. The molecule has 13 nitrogen and oxygen atoms in total. The summed E-state index contributed by atoms with van der Waals surface area (Å²) in [5.74, 6) is -0.720. The third kappa shape index (κ3) is 28.3. The second-order valence-electron chi connectivity index (χ2n) is 15.8. The Hall–Kier alpha value is -1.98. The molecule has 1 aliphatic rings. The van der Waals surface area contributed by atoms with Gasteiger partial charge >= 0.3 is 10.4 Å². The minimum absolute atomic E-state index is 0.229. The molecule has 8 atom stereocenters. The Balaban J connectivity index is 2.59. The van der Waals surface area contributed by atoms with Crippen molar-refractivity contribution in [3.63, 3.8) is 0 Å². The highest BCUT2D eigenvalue weighted by Gasteiger charge is 2.48. The number of nitrogens with one attached hydrogen (secondary N) is 1. The summed E-state index contributed by atoms with van der Waals surface area (Å²) >= 11 is 0. The molecule has 0 spiro atoms. The molecule has 8 unspecified atom stereocenters. The molecule has 59 heavy (non-hydrogen) atoms. The maximum Gasteiger partial charge on any atom is 0.397 e. The van der Waals surface area contributed by atoms with E-state index in [1.807, 2.05) is 0 Å². The third-order valence-corrected chi connectivity index (χ3v) is 10.9. The van der Waals surface area contributed by atoms with E-state index in [4.69, 9.17) is 14.0 Å². The molecule has 0 aromatic rings. The number of allylic oxidation sites excluding steroid dienone is 7. The van der Waals surface area contributed by atoms with E-state index in [0.717, 1.165) is 57.8 Å². The number of aliphatic hydroxyl groups excluding tert-OH is 5. The first kappa shape index (κ1) is 55.0. The van der Waals surface area contributed by atoms with Crippen LogP contribution >= 0.6 is 0 Å². The molecular formula is C45H81NO12S. The molecule has 0 radical (unpaired) electrons. The zero-order valence-corrected chi connectivity index (χ0v) is 37.0. The maximum absolute atomic E-state index is 13.1. The van der Waals surface area contributed by atoms with Gasteiger partial charge in [0.05, 0.1) is 25.4 Å². The van der Waals surface area contributed by atoms with Crippen LogP contribution in [0.4, 0.5) is 0 Å². The van der Waals surface area contributed by atoms with E-state index in [9.17, 15) is 38.7 Å². The highest BCUT2D eigenvalue weighted by atomic mass is 32.3. The van der Waals surface area contributed by atoms with Crippen LogP contribution in [0.5, 0.6) is 0 Å². The molecule has 1 rings (SSSR count). The highest BCUT2D eigenvalue weighted by molar-refractivity contribution is 7.80. The monoisotopic (exact) mass is 860 g/mol. The fraction of sp³-hybridized carbons (Fsp3) is 0.800. The molecule has 1 saturated heterocycles. The van der Waals surface area contributed by atoms with Crippen LogP contribution in [0.1, 0.15) is 168 Å². The molecule has 1 heterocycles. The fourth-order valence-corrected chi connectivity index (χ4v) is 7.33. The Morgan fingerprint density at radius 3 is 1.76 bits per heavy atom. The van der Waals surface area contributed by atoms with Crippen LogP contribution in [0.2, 0.25) is 0 Å². The van der Waals surface area contributed by atoms with Gasteiger partial charge in [0.2, 0.25) is 5.91 Å². The summed E-state index contributed by atoms with van der Waals surface area (Å²) in [6, 6.07) is -1.14. The van der Waals surface area contributed by atoms with Gasteiger partial charge < -0.3 is 40.3 Å². The molecule has 0 saturated carbocycles. The summed E-state index contributed by atoms with van der Waals surface area (Å²) in [5.41, 5.74) is 0. The van der Waals surface area contributed by atoms with Crippen molar-refractivity contribution in [3.8, 4) is 0 Å². The minimum atomic E-state index is -5.12. The Morgan fingerprint density at radius 1 is 0.695 bits per heavy atom. The van der Waals surface area contributed by atoms with E-state index in [2.05, 4.69) is 59.8 Å². The van der Waals surface area contributed by atoms with Crippen molar-refractivity contribution in [2.24, 2.45) is 0 Å².